The van der Waals surface area contributed by atoms with Gasteiger partial charge in [0.1, 0.15) is 5.82 Å². The van der Waals surface area contributed by atoms with E-state index in [4.69, 9.17) is 4.74 Å². The number of morpholine rings is 1. The Hall–Kier alpha value is -3.20. The Bertz CT molecular complexity index is 930. The van der Waals surface area contributed by atoms with Crippen molar-refractivity contribution in [3.8, 4) is 0 Å². The van der Waals surface area contributed by atoms with Crippen LogP contribution in [0, 0.1) is 0 Å². The quantitative estimate of drug-likeness (QED) is 0.714. The van der Waals surface area contributed by atoms with Crippen molar-refractivity contribution in [1.29, 1.82) is 0 Å². The third-order valence-corrected chi connectivity index (χ3v) is 5.75. The number of rotatable bonds is 6. The highest BCUT2D eigenvalue weighted by Crippen LogP contribution is 2.19. The number of hydrogen-bond acceptors (Lipinski definition) is 7. The largest absolute Gasteiger partial charge is 0.378 e. The van der Waals surface area contributed by atoms with Crippen molar-refractivity contribution in [3.05, 3.63) is 42.1 Å². The van der Waals surface area contributed by atoms with Crippen molar-refractivity contribution in [3.63, 3.8) is 0 Å². The lowest BCUT2D eigenvalue weighted by Crippen LogP contribution is -2.45. The summed E-state index contributed by atoms with van der Waals surface area (Å²) in [5.74, 6) is 1.43. The van der Waals surface area contributed by atoms with Crippen LogP contribution in [-0.2, 0) is 9.53 Å². The van der Waals surface area contributed by atoms with Crippen LogP contribution in [0.3, 0.4) is 0 Å². The zero-order chi connectivity index (χ0) is 22.3. The molecule has 2 aliphatic heterocycles. The topological polar surface area (TPSA) is 99.7 Å². The Labute approximate surface area is 188 Å². The molecule has 1 aromatic carbocycles. The molecule has 9 heteroatoms. The van der Waals surface area contributed by atoms with Gasteiger partial charge < -0.3 is 25.2 Å². The van der Waals surface area contributed by atoms with Gasteiger partial charge in [0.05, 0.1) is 13.2 Å². The van der Waals surface area contributed by atoms with E-state index in [1.807, 2.05) is 11.0 Å². The zero-order valence-corrected chi connectivity index (χ0v) is 18.4. The van der Waals surface area contributed by atoms with E-state index >= 15 is 0 Å². The number of amides is 2. The van der Waals surface area contributed by atoms with E-state index in [2.05, 4.69) is 25.5 Å². The maximum absolute atomic E-state index is 13.0. The van der Waals surface area contributed by atoms with Gasteiger partial charge in [0.25, 0.3) is 5.91 Å². The van der Waals surface area contributed by atoms with Crippen LogP contribution in [0.15, 0.2) is 36.5 Å². The summed E-state index contributed by atoms with van der Waals surface area (Å²) < 4.78 is 5.42. The Morgan fingerprint density at radius 2 is 1.91 bits per heavy atom. The lowest BCUT2D eigenvalue weighted by Gasteiger charge is -2.33. The summed E-state index contributed by atoms with van der Waals surface area (Å²) in [4.78, 5) is 37.7. The van der Waals surface area contributed by atoms with Crippen LogP contribution >= 0.6 is 0 Å². The van der Waals surface area contributed by atoms with Crippen molar-refractivity contribution in [1.82, 2.24) is 14.9 Å². The number of anilines is 3. The molecule has 2 amide bonds. The van der Waals surface area contributed by atoms with E-state index in [0.29, 0.717) is 43.4 Å². The summed E-state index contributed by atoms with van der Waals surface area (Å²) in [5, 5.41) is 6.21. The number of carbonyl (C=O) groups excluding carboxylic acids is 2. The third-order valence-electron chi connectivity index (χ3n) is 5.75. The van der Waals surface area contributed by atoms with Crippen molar-refractivity contribution in [2.24, 2.45) is 0 Å². The third kappa shape index (κ3) is 5.53. The second kappa shape index (κ2) is 10.4. The standard InChI is InChI=1S/C23H30N6O3/c1-2-21(30)25-18-7-5-17(6-8-18)22(31)29-11-3-4-19(16-29)26-23-24-10-9-20(27-23)28-12-14-32-15-13-28/h5-10,19H,2-4,11-16H2,1H3,(H,25,30)(H,24,26,27)/t19-/m1/s1. The smallest absolute Gasteiger partial charge is 0.253 e. The predicted molar refractivity (Wildman–Crippen MR) is 123 cm³/mol. The van der Waals surface area contributed by atoms with Crippen LogP contribution in [0.2, 0.25) is 0 Å². The fourth-order valence-electron chi connectivity index (χ4n) is 3.98. The number of likely N-dealkylation sites (tertiary alicyclic amines) is 1. The van der Waals surface area contributed by atoms with Gasteiger partial charge in [0.2, 0.25) is 11.9 Å². The molecule has 1 aromatic heterocycles. The van der Waals surface area contributed by atoms with Gasteiger partial charge in [-0.05, 0) is 43.2 Å². The number of piperidine rings is 1. The van der Waals surface area contributed by atoms with Crippen LogP contribution in [0.5, 0.6) is 0 Å². The lowest BCUT2D eigenvalue weighted by atomic mass is 10.0. The summed E-state index contributed by atoms with van der Waals surface area (Å²) in [7, 11) is 0. The molecule has 2 fully saturated rings. The fraction of sp³-hybridized carbons (Fsp3) is 0.478. The molecule has 2 aromatic rings. The minimum absolute atomic E-state index is 0.00662. The first-order chi connectivity index (χ1) is 15.6. The normalized spacial score (nSPS) is 18.8. The maximum atomic E-state index is 13.0. The molecule has 0 radical (unpaired) electrons. The second-order valence-corrected chi connectivity index (χ2v) is 8.05. The Kier molecular flexibility index (Phi) is 7.16. The minimum atomic E-state index is -0.0473. The van der Waals surface area contributed by atoms with Crippen LogP contribution in [-0.4, -0.2) is 72.1 Å². The van der Waals surface area contributed by atoms with Crippen LogP contribution in [0.25, 0.3) is 0 Å². The van der Waals surface area contributed by atoms with Crippen LogP contribution in [0.1, 0.15) is 36.5 Å². The highest BCUT2D eigenvalue weighted by molar-refractivity contribution is 5.95. The summed E-state index contributed by atoms with van der Waals surface area (Å²) in [6.07, 6.45) is 4.06. The van der Waals surface area contributed by atoms with Gasteiger partial charge in [-0.1, -0.05) is 6.92 Å². The van der Waals surface area contributed by atoms with Gasteiger partial charge >= 0.3 is 0 Å². The molecular weight excluding hydrogens is 408 g/mol. The first-order valence-electron chi connectivity index (χ1n) is 11.2. The van der Waals surface area contributed by atoms with Gasteiger partial charge in [-0.15, -0.1) is 0 Å². The predicted octanol–water partition coefficient (Wildman–Crippen LogP) is 2.38. The van der Waals surface area contributed by atoms with Gasteiger partial charge in [-0.2, -0.15) is 4.98 Å². The molecule has 0 bridgehead atoms. The van der Waals surface area contributed by atoms with Crippen LogP contribution in [0.4, 0.5) is 17.5 Å². The van der Waals surface area contributed by atoms with Crippen molar-refractivity contribution < 1.29 is 14.3 Å². The number of ether oxygens (including phenoxy) is 1. The molecule has 4 rings (SSSR count). The molecule has 3 heterocycles. The van der Waals surface area contributed by atoms with E-state index in [0.717, 1.165) is 38.3 Å². The van der Waals surface area contributed by atoms with Crippen molar-refractivity contribution >= 4 is 29.3 Å². The molecule has 0 spiro atoms. The Morgan fingerprint density at radius 1 is 1.12 bits per heavy atom. The van der Waals surface area contributed by atoms with E-state index in [1.54, 1.807) is 37.4 Å². The summed E-state index contributed by atoms with van der Waals surface area (Å²) in [6.45, 7) is 6.18. The molecule has 9 nitrogen and oxygen atoms in total. The molecule has 2 saturated heterocycles. The fourth-order valence-corrected chi connectivity index (χ4v) is 3.98. The number of carbonyl (C=O) groups is 2. The van der Waals surface area contributed by atoms with Crippen molar-refractivity contribution in [2.45, 2.75) is 32.2 Å². The van der Waals surface area contributed by atoms with E-state index in [-0.39, 0.29) is 17.9 Å². The zero-order valence-electron chi connectivity index (χ0n) is 18.4. The van der Waals surface area contributed by atoms with Gasteiger partial charge in [-0.25, -0.2) is 4.98 Å². The molecule has 1 atom stereocenters. The summed E-state index contributed by atoms with van der Waals surface area (Å²) in [5.41, 5.74) is 1.31. The van der Waals surface area contributed by atoms with Gasteiger partial charge in [0.15, 0.2) is 0 Å². The number of nitrogens with zero attached hydrogens (tertiary/aromatic N) is 4. The van der Waals surface area contributed by atoms with Crippen molar-refractivity contribution in [2.75, 3.05) is 54.9 Å². The summed E-state index contributed by atoms with van der Waals surface area (Å²) >= 11 is 0. The molecular formula is C23H30N6O3. The van der Waals surface area contributed by atoms with Gasteiger partial charge in [0, 0.05) is 56.1 Å². The molecule has 2 aliphatic rings. The first kappa shape index (κ1) is 22.0. The van der Waals surface area contributed by atoms with E-state index in [9.17, 15) is 9.59 Å². The molecule has 170 valence electrons. The molecule has 32 heavy (non-hydrogen) atoms. The monoisotopic (exact) mass is 438 g/mol. The second-order valence-electron chi connectivity index (χ2n) is 8.05. The Balaban J connectivity index is 1.36. The minimum Gasteiger partial charge on any atom is -0.378 e. The number of benzene rings is 1. The van der Waals surface area contributed by atoms with E-state index in [1.165, 1.54) is 0 Å². The first-order valence-corrected chi connectivity index (χ1v) is 11.2. The number of nitrogens with one attached hydrogen (secondary N) is 2. The molecule has 0 saturated carbocycles. The maximum Gasteiger partial charge on any atom is 0.253 e. The highest BCUT2D eigenvalue weighted by Gasteiger charge is 2.25. The average Bonchev–Trinajstić information content (AvgIpc) is 2.85. The lowest BCUT2D eigenvalue weighted by molar-refractivity contribution is -0.115. The SMILES string of the molecule is CCC(=O)Nc1ccc(C(=O)N2CCC[C@@H](Nc3nccc(N4CCOCC4)n3)C2)cc1. The van der Waals surface area contributed by atoms with Crippen LogP contribution < -0.4 is 15.5 Å². The highest BCUT2D eigenvalue weighted by atomic mass is 16.5. The molecule has 2 N–H and O–H groups in total. The molecule has 0 aliphatic carbocycles. The number of hydrogen-bond donors (Lipinski definition) is 2. The van der Waals surface area contributed by atoms with Gasteiger partial charge in [-0.3, -0.25) is 9.59 Å². The summed E-state index contributed by atoms with van der Waals surface area (Å²) in [6, 6.07) is 9.08. The Morgan fingerprint density at radius 3 is 2.66 bits per heavy atom. The van der Waals surface area contributed by atoms with E-state index < -0.39 is 0 Å². The molecule has 0 unspecified atom stereocenters. The number of aromatic nitrogens is 2. The average molecular weight is 439 g/mol.